The van der Waals surface area contributed by atoms with Gasteiger partial charge in [-0.15, -0.1) is 0 Å². The van der Waals surface area contributed by atoms with Crippen LogP contribution in [0.15, 0.2) is 45.3 Å². The molecule has 5 nitrogen and oxygen atoms in total. The van der Waals surface area contributed by atoms with Gasteiger partial charge in [-0.05, 0) is 80.7 Å². The van der Waals surface area contributed by atoms with Crippen LogP contribution in [0.4, 0.5) is 5.69 Å². The number of phenols is 1. The molecule has 0 aromatic heterocycles. The maximum atomic E-state index is 11.9. The van der Waals surface area contributed by atoms with Crippen molar-refractivity contribution in [2.75, 3.05) is 11.9 Å². The molecule has 2 aromatic rings. The molecule has 0 aliphatic rings. The van der Waals surface area contributed by atoms with Gasteiger partial charge in [0.25, 0.3) is 5.91 Å². The maximum Gasteiger partial charge on any atom is 0.338 e. The van der Waals surface area contributed by atoms with Crippen molar-refractivity contribution < 1.29 is 19.4 Å². The average molecular weight is 443 g/mol. The minimum absolute atomic E-state index is 0.0494. The van der Waals surface area contributed by atoms with Crippen LogP contribution in [-0.4, -0.2) is 23.6 Å². The molecule has 0 fully saturated rings. The first-order chi connectivity index (χ1) is 10.9. The fraction of sp³-hybridized carbons (Fsp3) is 0.125. The van der Waals surface area contributed by atoms with Crippen molar-refractivity contribution in [3.05, 3.63) is 56.5 Å². The molecular weight excluding hydrogens is 430 g/mol. The molecule has 0 aliphatic carbocycles. The summed E-state index contributed by atoms with van der Waals surface area (Å²) < 4.78 is 6.39. The third kappa shape index (κ3) is 4.80. The van der Waals surface area contributed by atoms with Gasteiger partial charge in [0.1, 0.15) is 5.75 Å². The van der Waals surface area contributed by atoms with Crippen LogP contribution in [0.25, 0.3) is 0 Å². The molecule has 2 N–H and O–H groups in total. The monoisotopic (exact) mass is 441 g/mol. The van der Waals surface area contributed by atoms with Gasteiger partial charge >= 0.3 is 5.97 Å². The highest BCUT2D eigenvalue weighted by molar-refractivity contribution is 9.11. The van der Waals surface area contributed by atoms with E-state index in [1.165, 1.54) is 24.3 Å². The van der Waals surface area contributed by atoms with Crippen molar-refractivity contribution in [1.29, 1.82) is 0 Å². The summed E-state index contributed by atoms with van der Waals surface area (Å²) >= 11 is 6.75. The van der Waals surface area contributed by atoms with Crippen molar-refractivity contribution in [2.24, 2.45) is 0 Å². The summed E-state index contributed by atoms with van der Waals surface area (Å²) in [5.74, 6) is -1.04. The van der Waals surface area contributed by atoms with E-state index in [9.17, 15) is 9.59 Å². The van der Waals surface area contributed by atoms with Crippen molar-refractivity contribution in [2.45, 2.75) is 6.92 Å². The second-order valence-corrected chi connectivity index (χ2v) is 6.48. The first-order valence-corrected chi connectivity index (χ1v) is 8.17. The molecule has 0 heterocycles. The highest BCUT2D eigenvalue weighted by Gasteiger charge is 2.13. The summed E-state index contributed by atoms with van der Waals surface area (Å²) in [6, 6.07) is 9.31. The normalized spacial score (nSPS) is 10.2. The summed E-state index contributed by atoms with van der Waals surface area (Å²) in [6.07, 6.45) is 0. The molecular formula is C16H13Br2NO4. The molecule has 0 bridgehead atoms. The van der Waals surface area contributed by atoms with Gasteiger partial charge in [-0.2, -0.15) is 0 Å². The SMILES string of the molecule is Cc1cc(Br)c(NC(=O)COC(=O)c2ccc(O)cc2)c(Br)c1. The summed E-state index contributed by atoms with van der Waals surface area (Å²) in [5.41, 5.74) is 1.86. The van der Waals surface area contributed by atoms with E-state index < -0.39 is 18.5 Å². The van der Waals surface area contributed by atoms with E-state index in [-0.39, 0.29) is 11.3 Å². The average Bonchev–Trinajstić information content (AvgIpc) is 2.49. The van der Waals surface area contributed by atoms with Gasteiger partial charge in [0.05, 0.1) is 11.3 Å². The Morgan fingerprint density at radius 1 is 1.13 bits per heavy atom. The molecule has 0 unspecified atom stereocenters. The zero-order valence-electron chi connectivity index (χ0n) is 12.1. The van der Waals surface area contributed by atoms with Crippen molar-refractivity contribution in [3.8, 4) is 5.75 Å². The number of rotatable bonds is 4. The number of amides is 1. The number of halogens is 2. The smallest absolute Gasteiger partial charge is 0.338 e. The van der Waals surface area contributed by atoms with Crippen LogP contribution < -0.4 is 5.32 Å². The molecule has 0 radical (unpaired) electrons. The Morgan fingerprint density at radius 3 is 2.26 bits per heavy atom. The number of carbonyl (C=O) groups is 2. The number of anilines is 1. The van der Waals surface area contributed by atoms with Crippen molar-refractivity contribution in [1.82, 2.24) is 0 Å². The van der Waals surface area contributed by atoms with Gasteiger partial charge in [-0.1, -0.05) is 0 Å². The molecule has 0 aliphatic heterocycles. The second kappa shape index (κ2) is 7.61. The van der Waals surface area contributed by atoms with Gasteiger partial charge in [-0.3, -0.25) is 4.79 Å². The van der Waals surface area contributed by atoms with E-state index >= 15 is 0 Å². The molecule has 7 heteroatoms. The molecule has 0 saturated carbocycles. The van der Waals surface area contributed by atoms with Crippen LogP contribution in [0, 0.1) is 6.92 Å². The Hall–Kier alpha value is -1.86. The van der Waals surface area contributed by atoms with Crippen molar-refractivity contribution >= 4 is 49.4 Å². The van der Waals surface area contributed by atoms with Crippen LogP contribution in [0.5, 0.6) is 5.75 Å². The lowest BCUT2D eigenvalue weighted by molar-refractivity contribution is -0.119. The van der Waals surface area contributed by atoms with Crippen LogP contribution in [0.1, 0.15) is 15.9 Å². The number of ether oxygens (including phenoxy) is 1. The van der Waals surface area contributed by atoms with E-state index in [4.69, 9.17) is 9.84 Å². The van der Waals surface area contributed by atoms with Gasteiger partial charge in [0.2, 0.25) is 0 Å². The quantitative estimate of drug-likeness (QED) is 0.701. The lowest BCUT2D eigenvalue weighted by atomic mass is 10.2. The summed E-state index contributed by atoms with van der Waals surface area (Å²) in [6.45, 7) is 1.52. The van der Waals surface area contributed by atoms with E-state index in [1.807, 2.05) is 19.1 Å². The minimum Gasteiger partial charge on any atom is -0.508 e. The Morgan fingerprint density at radius 2 is 1.70 bits per heavy atom. The number of benzene rings is 2. The lowest BCUT2D eigenvalue weighted by Crippen LogP contribution is -2.21. The lowest BCUT2D eigenvalue weighted by Gasteiger charge is -2.11. The van der Waals surface area contributed by atoms with Crippen LogP contribution in [-0.2, 0) is 9.53 Å². The summed E-state index contributed by atoms with van der Waals surface area (Å²) in [5, 5.41) is 11.8. The zero-order chi connectivity index (χ0) is 17.0. The fourth-order valence-electron chi connectivity index (χ4n) is 1.81. The predicted octanol–water partition coefficient (Wildman–Crippen LogP) is 4.02. The van der Waals surface area contributed by atoms with Gasteiger partial charge < -0.3 is 15.2 Å². The van der Waals surface area contributed by atoms with Crippen LogP contribution in [0.2, 0.25) is 0 Å². The predicted molar refractivity (Wildman–Crippen MR) is 93.6 cm³/mol. The maximum absolute atomic E-state index is 11.9. The molecule has 0 saturated heterocycles. The largest absolute Gasteiger partial charge is 0.508 e. The third-order valence-corrected chi connectivity index (χ3v) is 4.14. The number of phenolic OH excluding ortho intramolecular Hbond substituents is 1. The number of carbonyl (C=O) groups excluding carboxylic acids is 2. The number of nitrogens with one attached hydrogen (secondary N) is 1. The third-order valence-electron chi connectivity index (χ3n) is 2.89. The molecule has 0 atom stereocenters. The molecule has 23 heavy (non-hydrogen) atoms. The number of aromatic hydroxyl groups is 1. The van der Waals surface area contributed by atoms with Crippen molar-refractivity contribution in [3.63, 3.8) is 0 Å². The minimum atomic E-state index is -0.637. The Bertz CT molecular complexity index is 721. The van der Waals surface area contributed by atoms with E-state index in [1.54, 1.807) is 0 Å². The number of aryl methyl sites for hydroxylation is 1. The molecule has 2 rings (SSSR count). The van der Waals surface area contributed by atoms with Gasteiger partial charge in [-0.25, -0.2) is 4.79 Å². The standard InChI is InChI=1S/C16H13Br2NO4/c1-9-6-12(17)15(13(18)7-9)19-14(21)8-23-16(22)10-2-4-11(20)5-3-10/h2-7,20H,8H2,1H3,(H,19,21). The van der Waals surface area contributed by atoms with Gasteiger partial charge in [0, 0.05) is 8.95 Å². The van der Waals surface area contributed by atoms with E-state index in [0.717, 1.165) is 14.5 Å². The number of hydrogen-bond acceptors (Lipinski definition) is 4. The van der Waals surface area contributed by atoms with E-state index in [2.05, 4.69) is 37.2 Å². The number of hydrogen-bond donors (Lipinski definition) is 2. The molecule has 1 amide bonds. The zero-order valence-corrected chi connectivity index (χ0v) is 15.3. The summed E-state index contributed by atoms with van der Waals surface area (Å²) in [4.78, 5) is 23.7. The molecule has 0 spiro atoms. The topological polar surface area (TPSA) is 75.6 Å². The fourth-order valence-corrected chi connectivity index (χ4v) is 3.42. The highest BCUT2D eigenvalue weighted by Crippen LogP contribution is 2.32. The number of esters is 1. The van der Waals surface area contributed by atoms with E-state index in [0.29, 0.717) is 5.69 Å². The first kappa shape index (κ1) is 17.5. The molecule has 2 aromatic carbocycles. The van der Waals surface area contributed by atoms with Gasteiger partial charge in [0.15, 0.2) is 6.61 Å². The van der Waals surface area contributed by atoms with Crippen LogP contribution >= 0.6 is 31.9 Å². The Balaban J connectivity index is 1.95. The molecule has 120 valence electrons. The highest BCUT2D eigenvalue weighted by atomic mass is 79.9. The first-order valence-electron chi connectivity index (χ1n) is 6.58. The van der Waals surface area contributed by atoms with Crippen LogP contribution in [0.3, 0.4) is 0 Å². The summed E-state index contributed by atoms with van der Waals surface area (Å²) in [7, 11) is 0. The second-order valence-electron chi connectivity index (χ2n) is 4.77. The Kier molecular flexibility index (Phi) is 5.79. The Labute approximate surface area is 149 Å².